The molecule has 7 heteroatoms. The second-order valence-corrected chi connectivity index (χ2v) is 4.99. The molecular weight excluding hydrogens is 287 g/mol. The summed E-state index contributed by atoms with van der Waals surface area (Å²) in [5, 5.41) is 4.16. The van der Waals surface area contributed by atoms with Crippen LogP contribution in [0.4, 0.5) is 4.39 Å². The van der Waals surface area contributed by atoms with Gasteiger partial charge >= 0.3 is 0 Å². The van der Waals surface area contributed by atoms with Crippen LogP contribution in [0.25, 0.3) is 0 Å². The highest BCUT2D eigenvalue weighted by Crippen LogP contribution is 2.04. The van der Waals surface area contributed by atoms with Gasteiger partial charge in [-0.1, -0.05) is 12.1 Å². The van der Waals surface area contributed by atoms with E-state index < -0.39 is 17.6 Å². The van der Waals surface area contributed by atoms with E-state index in [2.05, 4.69) is 16.0 Å². The van der Waals surface area contributed by atoms with Gasteiger partial charge in [0.1, 0.15) is 12.4 Å². The van der Waals surface area contributed by atoms with E-state index in [1.165, 1.54) is 18.2 Å². The zero-order valence-electron chi connectivity index (χ0n) is 12.4. The van der Waals surface area contributed by atoms with Crippen molar-refractivity contribution in [2.75, 3.05) is 0 Å². The molecule has 2 N–H and O–H groups in total. The molecule has 0 atom stereocenters. The number of benzene rings is 1. The van der Waals surface area contributed by atoms with Crippen LogP contribution in [0.3, 0.4) is 0 Å². The minimum absolute atomic E-state index is 0.0138. The van der Waals surface area contributed by atoms with E-state index in [-0.39, 0.29) is 13.0 Å². The highest BCUT2D eigenvalue weighted by atomic mass is 19.1. The molecule has 22 heavy (non-hydrogen) atoms. The summed E-state index contributed by atoms with van der Waals surface area (Å²) in [5.41, 5.74) is 6.82. The highest BCUT2D eigenvalue weighted by Gasteiger charge is 2.09. The van der Waals surface area contributed by atoms with E-state index in [9.17, 15) is 14.0 Å². The SMILES string of the molecule is Cc1cc(C)n(CC(=O)NNC(=O)Cc2cccc(F)c2)n1. The Morgan fingerprint density at radius 3 is 2.55 bits per heavy atom. The Hall–Kier alpha value is -2.70. The summed E-state index contributed by atoms with van der Waals surface area (Å²) in [6.07, 6.45) is -0.0159. The van der Waals surface area contributed by atoms with Crippen LogP contribution in [-0.2, 0) is 22.6 Å². The molecule has 2 rings (SSSR count). The van der Waals surface area contributed by atoms with Crippen LogP contribution in [0.1, 0.15) is 17.0 Å². The van der Waals surface area contributed by atoms with Gasteiger partial charge in [-0.2, -0.15) is 5.10 Å². The predicted octanol–water partition coefficient (Wildman–Crippen LogP) is 1.03. The summed E-state index contributed by atoms with van der Waals surface area (Å²) < 4.78 is 14.5. The molecule has 2 amide bonds. The van der Waals surface area contributed by atoms with Crippen molar-refractivity contribution in [3.8, 4) is 0 Å². The van der Waals surface area contributed by atoms with E-state index in [4.69, 9.17) is 0 Å². The summed E-state index contributed by atoms with van der Waals surface area (Å²) in [7, 11) is 0. The summed E-state index contributed by atoms with van der Waals surface area (Å²) in [5.74, 6) is -1.22. The molecule has 0 unspecified atom stereocenters. The van der Waals surface area contributed by atoms with Gasteiger partial charge in [-0.25, -0.2) is 4.39 Å². The third kappa shape index (κ3) is 4.41. The first kappa shape index (κ1) is 15.7. The van der Waals surface area contributed by atoms with Gasteiger partial charge in [0.05, 0.1) is 12.1 Å². The maximum absolute atomic E-state index is 13.0. The Morgan fingerprint density at radius 2 is 1.91 bits per heavy atom. The minimum Gasteiger partial charge on any atom is -0.273 e. The van der Waals surface area contributed by atoms with Crippen molar-refractivity contribution >= 4 is 11.8 Å². The number of halogens is 1. The van der Waals surface area contributed by atoms with E-state index >= 15 is 0 Å². The topological polar surface area (TPSA) is 76.0 Å². The number of rotatable bonds is 4. The maximum Gasteiger partial charge on any atom is 0.260 e. The van der Waals surface area contributed by atoms with Gasteiger partial charge in [-0.3, -0.25) is 25.1 Å². The number of aryl methyl sites for hydroxylation is 2. The fourth-order valence-corrected chi connectivity index (χ4v) is 2.03. The Bertz CT molecular complexity index is 697. The van der Waals surface area contributed by atoms with Crippen LogP contribution in [0.15, 0.2) is 30.3 Å². The lowest BCUT2D eigenvalue weighted by atomic mass is 10.1. The molecule has 1 aromatic carbocycles. The Labute approximate surface area is 127 Å². The lowest BCUT2D eigenvalue weighted by molar-refractivity contribution is -0.129. The molecule has 6 nitrogen and oxygen atoms in total. The van der Waals surface area contributed by atoms with Crippen molar-refractivity contribution in [3.63, 3.8) is 0 Å². The first-order chi connectivity index (χ1) is 10.4. The van der Waals surface area contributed by atoms with Crippen LogP contribution >= 0.6 is 0 Å². The molecule has 2 aromatic rings. The predicted molar refractivity (Wildman–Crippen MR) is 78.1 cm³/mol. The van der Waals surface area contributed by atoms with Crippen LogP contribution in [0, 0.1) is 19.7 Å². The molecule has 0 fully saturated rings. The fourth-order valence-electron chi connectivity index (χ4n) is 2.03. The average molecular weight is 304 g/mol. The summed E-state index contributed by atoms with van der Waals surface area (Å²) in [6, 6.07) is 7.60. The number of carbonyl (C=O) groups is 2. The van der Waals surface area contributed by atoms with Crippen molar-refractivity contribution in [1.29, 1.82) is 0 Å². The summed E-state index contributed by atoms with van der Waals surface area (Å²) >= 11 is 0. The van der Waals surface area contributed by atoms with Gasteiger partial charge in [0.25, 0.3) is 5.91 Å². The number of amides is 2. The Kier molecular flexibility index (Phi) is 4.88. The van der Waals surface area contributed by atoms with Crippen molar-refractivity contribution in [2.45, 2.75) is 26.8 Å². The molecule has 1 aromatic heterocycles. The first-order valence-electron chi connectivity index (χ1n) is 6.77. The summed E-state index contributed by atoms with van der Waals surface area (Å²) in [6.45, 7) is 3.69. The monoisotopic (exact) mass is 304 g/mol. The normalized spacial score (nSPS) is 10.3. The molecular formula is C15H17FN4O2. The van der Waals surface area contributed by atoms with E-state index in [1.807, 2.05) is 19.9 Å². The molecule has 0 radical (unpaired) electrons. The number of nitrogens with one attached hydrogen (secondary N) is 2. The molecule has 0 bridgehead atoms. The van der Waals surface area contributed by atoms with Gasteiger partial charge in [-0.15, -0.1) is 0 Å². The number of aromatic nitrogens is 2. The van der Waals surface area contributed by atoms with Crippen LogP contribution in [0.2, 0.25) is 0 Å². The molecule has 0 saturated heterocycles. The van der Waals surface area contributed by atoms with Crippen molar-refractivity contribution in [3.05, 3.63) is 53.1 Å². The second kappa shape index (κ2) is 6.84. The zero-order chi connectivity index (χ0) is 16.1. The third-order valence-electron chi connectivity index (χ3n) is 2.99. The molecule has 0 aliphatic heterocycles. The molecule has 116 valence electrons. The number of carbonyl (C=O) groups excluding carboxylic acids is 2. The third-order valence-corrected chi connectivity index (χ3v) is 2.99. The van der Waals surface area contributed by atoms with Crippen LogP contribution < -0.4 is 10.9 Å². The lowest BCUT2D eigenvalue weighted by Crippen LogP contribution is -2.44. The number of hydrogen-bond acceptors (Lipinski definition) is 3. The Balaban J connectivity index is 1.81. The molecule has 0 spiro atoms. The van der Waals surface area contributed by atoms with E-state index in [0.29, 0.717) is 5.56 Å². The van der Waals surface area contributed by atoms with Gasteiger partial charge in [0.15, 0.2) is 0 Å². The smallest absolute Gasteiger partial charge is 0.260 e. The van der Waals surface area contributed by atoms with Crippen LogP contribution in [-0.4, -0.2) is 21.6 Å². The molecule has 0 aliphatic rings. The van der Waals surface area contributed by atoms with Gasteiger partial charge in [0.2, 0.25) is 5.91 Å². The summed E-state index contributed by atoms with van der Waals surface area (Å²) in [4.78, 5) is 23.4. The van der Waals surface area contributed by atoms with Gasteiger partial charge < -0.3 is 0 Å². The van der Waals surface area contributed by atoms with Crippen molar-refractivity contribution in [1.82, 2.24) is 20.6 Å². The minimum atomic E-state index is -0.424. The van der Waals surface area contributed by atoms with Crippen molar-refractivity contribution in [2.24, 2.45) is 0 Å². The number of hydrogen-bond donors (Lipinski definition) is 2. The molecule has 0 aliphatic carbocycles. The first-order valence-corrected chi connectivity index (χ1v) is 6.77. The highest BCUT2D eigenvalue weighted by molar-refractivity contribution is 5.83. The standard InChI is InChI=1S/C15H17FN4O2/c1-10-6-11(2)20(19-10)9-15(22)18-17-14(21)8-12-4-3-5-13(16)7-12/h3-7H,8-9H2,1-2H3,(H,17,21)(H,18,22). The number of hydrazine groups is 1. The zero-order valence-corrected chi connectivity index (χ0v) is 12.4. The van der Waals surface area contributed by atoms with Crippen LogP contribution in [0.5, 0.6) is 0 Å². The largest absolute Gasteiger partial charge is 0.273 e. The Morgan fingerprint density at radius 1 is 1.18 bits per heavy atom. The number of nitrogens with zero attached hydrogens (tertiary/aromatic N) is 2. The average Bonchev–Trinajstić information content (AvgIpc) is 2.74. The molecule has 1 heterocycles. The maximum atomic E-state index is 13.0. The van der Waals surface area contributed by atoms with Gasteiger partial charge in [-0.05, 0) is 37.6 Å². The lowest BCUT2D eigenvalue weighted by Gasteiger charge is -2.08. The molecule has 0 saturated carbocycles. The second-order valence-electron chi connectivity index (χ2n) is 4.99. The fraction of sp³-hybridized carbons (Fsp3) is 0.267. The van der Waals surface area contributed by atoms with E-state index in [0.717, 1.165) is 11.4 Å². The van der Waals surface area contributed by atoms with Gasteiger partial charge in [0, 0.05) is 5.69 Å². The quantitative estimate of drug-likeness (QED) is 0.828. The van der Waals surface area contributed by atoms with E-state index in [1.54, 1.807) is 10.7 Å². The van der Waals surface area contributed by atoms with Crippen molar-refractivity contribution < 1.29 is 14.0 Å².